The highest BCUT2D eigenvalue weighted by Crippen LogP contribution is 2.27. The zero-order valence-electron chi connectivity index (χ0n) is 9.35. The third-order valence-electron chi connectivity index (χ3n) is 2.72. The number of aromatic amines is 1. The lowest BCUT2D eigenvalue weighted by atomic mass is 10.2. The first kappa shape index (κ1) is 12.7. The van der Waals surface area contributed by atoms with Crippen molar-refractivity contribution in [2.75, 3.05) is 0 Å². The van der Waals surface area contributed by atoms with Gasteiger partial charge in [0.25, 0.3) is 0 Å². The molecule has 2 nitrogen and oxygen atoms in total. The number of fused-ring (bicyclic) bond motifs is 1. The SMILES string of the molecule is Fc1ccc(-c2nc3cc(Br)c(F)cc3[nH]2)cc1Br. The van der Waals surface area contributed by atoms with Gasteiger partial charge in [-0.25, -0.2) is 13.8 Å². The van der Waals surface area contributed by atoms with E-state index in [4.69, 9.17) is 0 Å². The molecule has 96 valence electrons. The summed E-state index contributed by atoms with van der Waals surface area (Å²) in [6.07, 6.45) is 0. The van der Waals surface area contributed by atoms with Crippen LogP contribution in [0.25, 0.3) is 22.4 Å². The summed E-state index contributed by atoms with van der Waals surface area (Å²) >= 11 is 6.24. The summed E-state index contributed by atoms with van der Waals surface area (Å²) < 4.78 is 27.3. The molecule has 1 heterocycles. The van der Waals surface area contributed by atoms with Crippen LogP contribution in [-0.2, 0) is 0 Å². The quantitative estimate of drug-likeness (QED) is 0.623. The predicted molar refractivity (Wildman–Crippen MR) is 76.8 cm³/mol. The van der Waals surface area contributed by atoms with Crippen LogP contribution >= 0.6 is 31.9 Å². The lowest BCUT2D eigenvalue weighted by Crippen LogP contribution is -1.83. The van der Waals surface area contributed by atoms with Gasteiger partial charge in [0, 0.05) is 11.6 Å². The van der Waals surface area contributed by atoms with E-state index >= 15 is 0 Å². The number of halogens is 4. The molecular weight excluding hydrogens is 382 g/mol. The van der Waals surface area contributed by atoms with E-state index in [-0.39, 0.29) is 11.6 Å². The van der Waals surface area contributed by atoms with E-state index in [9.17, 15) is 8.78 Å². The Kier molecular flexibility index (Phi) is 3.14. The first-order valence-electron chi connectivity index (χ1n) is 5.35. The number of nitrogens with one attached hydrogen (secondary N) is 1. The fraction of sp³-hybridized carbons (Fsp3) is 0. The molecule has 0 aliphatic heterocycles. The first-order chi connectivity index (χ1) is 9.04. The van der Waals surface area contributed by atoms with Crippen molar-refractivity contribution >= 4 is 42.9 Å². The molecule has 0 radical (unpaired) electrons. The van der Waals surface area contributed by atoms with Gasteiger partial charge >= 0.3 is 0 Å². The van der Waals surface area contributed by atoms with Crippen molar-refractivity contribution in [1.29, 1.82) is 0 Å². The third kappa shape index (κ3) is 2.30. The van der Waals surface area contributed by atoms with Gasteiger partial charge < -0.3 is 4.98 Å². The van der Waals surface area contributed by atoms with Crippen LogP contribution in [0.5, 0.6) is 0 Å². The zero-order valence-corrected chi connectivity index (χ0v) is 12.5. The minimum atomic E-state index is -0.358. The Bertz CT molecular complexity index is 745. The summed E-state index contributed by atoms with van der Waals surface area (Å²) in [6, 6.07) is 7.56. The molecule has 1 N–H and O–H groups in total. The number of rotatable bonds is 1. The van der Waals surface area contributed by atoms with Gasteiger partial charge in [-0.2, -0.15) is 0 Å². The summed E-state index contributed by atoms with van der Waals surface area (Å²) in [5.74, 6) is -0.134. The summed E-state index contributed by atoms with van der Waals surface area (Å²) in [5.41, 5.74) is 1.96. The molecule has 1 aromatic heterocycles. The van der Waals surface area contributed by atoms with Gasteiger partial charge in [-0.05, 0) is 56.1 Å². The molecule has 0 aliphatic carbocycles. The van der Waals surface area contributed by atoms with Crippen LogP contribution in [0.2, 0.25) is 0 Å². The van der Waals surface area contributed by atoms with Gasteiger partial charge in [0.05, 0.1) is 20.0 Å². The minimum absolute atomic E-state index is 0.339. The largest absolute Gasteiger partial charge is 0.338 e. The fourth-order valence-corrected chi connectivity index (χ4v) is 2.50. The Morgan fingerprint density at radius 1 is 0.947 bits per heavy atom. The van der Waals surface area contributed by atoms with Gasteiger partial charge in [-0.15, -0.1) is 0 Å². The second-order valence-corrected chi connectivity index (χ2v) is 5.71. The summed E-state index contributed by atoms with van der Waals surface area (Å²) in [4.78, 5) is 7.37. The average Bonchev–Trinajstić information content (AvgIpc) is 2.76. The molecule has 0 atom stereocenters. The number of aromatic nitrogens is 2. The highest BCUT2D eigenvalue weighted by atomic mass is 79.9. The number of H-pyrrole nitrogens is 1. The maximum absolute atomic E-state index is 13.4. The van der Waals surface area contributed by atoms with Crippen molar-refractivity contribution in [2.24, 2.45) is 0 Å². The second kappa shape index (κ2) is 4.68. The molecule has 0 amide bonds. The smallest absolute Gasteiger partial charge is 0.139 e. The Morgan fingerprint density at radius 3 is 2.42 bits per heavy atom. The van der Waals surface area contributed by atoms with E-state index in [1.807, 2.05) is 0 Å². The topological polar surface area (TPSA) is 28.7 Å². The van der Waals surface area contributed by atoms with Gasteiger partial charge in [-0.1, -0.05) is 0 Å². The van der Waals surface area contributed by atoms with Gasteiger partial charge in [-0.3, -0.25) is 0 Å². The van der Waals surface area contributed by atoms with Gasteiger partial charge in [0.15, 0.2) is 0 Å². The van der Waals surface area contributed by atoms with E-state index in [2.05, 4.69) is 41.8 Å². The van der Waals surface area contributed by atoms with Crippen LogP contribution in [-0.4, -0.2) is 9.97 Å². The van der Waals surface area contributed by atoms with Crippen LogP contribution in [0.4, 0.5) is 8.78 Å². The maximum atomic E-state index is 13.4. The highest BCUT2D eigenvalue weighted by molar-refractivity contribution is 9.10. The first-order valence-corrected chi connectivity index (χ1v) is 6.93. The van der Waals surface area contributed by atoms with Crippen molar-refractivity contribution in [2.45, 2.75) is 0 Å². The molecule has 0 saturated carbocycles. The number of nitrogens with zero attached hydrogens (tertiary/aromatic N) is 1. The van der Waals surface area contributed by atoms with E-state index in [0.29, 0.717) is 25.8 Å². The monoisotopic (exact) mass is 386 g/mol. The molecule has 0 aliphatic rings. The number of benzene rings is 2. The molecule has 3 aromatic rings. The Labute approximate surface area is 124 Å². The van der Waals surface area contributed by atoms with Crippen LogP contribution < -0.4 is 0 Å². The predicted octanol–water partition coefficient (Wildman–Crippen LogP) is 5.03. The Balaban J connectivity index is 2.17. The van der Waals surface area contributed by atoms with Crippen LogP contribution in [0.1, 0.15) is 0 Å². The second-order valence-electron chi connectivity index (χ2n) is 4.00. The Hall–Kier alpha value is -1.27. The molecule has 0 unspecified atom stereocenters. The molecule has 0 fully saturated rings. The molecule has 19 heavy (non-hydrogen) atoms. The van der Waals surface area contributed by atoms with Crippen molar-refractivity contribution in [3.8, 4) is 11.4 Å². The Morgan fingerprint density at radius 2 is 1.68 bits per heavy atom. The minimum Gasteiger partial charge on any atom is -0.338 e. The molecule has 0 bridgehead atoms. The molecular formula is C13H6Br2F2N2. The van der Waals surface area contributed by atoms with E-state index < -0.39 is 0 Å². The van der Waals surface area contributed by atoms with Gasteiger partial charge in [0.2, 0.25) is 0 Å². The molecule has 2 aromatic carbocycles. The number of imidazole rings is 1. The van der Waals surface area contributed by atoms with Crippen molar-refractivity contribution < 1.29 is 8.78 Å². The van der Waals surface area contributed by atoms with Gasteiger partial charge in [0.1, 0.15) is 17.5 Å². The van der Waals surface area contributed by atoms with Crippen LogP contribution in [0.3, 0.4) is 0 Å². The van der Waals surface area contributed by atoms with E-state index in [0.717, 1.165) is 5.56 Å². The average molecular weight is 388 g/mol. The normalized spacial score (nSPS) is 11.2. The van der Waals surface area contributed by atoms with Crippen molar-refractivity contribution in [1.82, 2.24) is 9.97 Å². The lowest BCUT2D eigenvalue weighted by Gasteiger charge is -1.98. The standard InChI is InChI=1S/C13H6Br2F2N2/c14-7-3-6(1-2-9(7)16)13-18-11-4-8(15)10(17)5-12(11)19-13/h1-5H,(H,18,19). The van der Waals surface area contributed by atoms with E-state index in [1.165, 1.54) is 12.1 Å². The fourth-order valence-electron chi connectivity index (χ4n) is 1.79. The van der Waals surface area contributed by atoms with Crippen LogP contribution in [0.15, 0.2) is 39.3 Å². The zero-order chi connectivity index (χ0) is 13.6. The van der Waals surface area contributed by atoms with Crippen LogP contribution in [0, 0.1) is 11.6 Å². The molecule has 3 rings (SSSR count). The lowest BCUT2D eigenvalue weighted by molar-refractivity contribution is 0.621. The van der Waals surface area contributed by atoms with E-state index in [1.54, 1.807) is 18.2 Å². The summed E-state index contributed by atoms with van der Waals surface area (Å²) in [5, 5.41) is 0. The molecule has 0 spiro atoms. The summed E-state index contributed by atoms with van der Waals surface area (Å²) in [6.45, 7) is 0. The van der Waals surface area contributed by atoms with Crippen molar-refractivity contribution in [3.63, 3.8) is 0 Å². The molecule has 0 saturated heterocycles. The highest BCUT2D eigenvalue weighted by Gasteiger charge is 2.10. The van der Waals surface area contributed by atoms with Crippen molar-refractivity contribution in [3.05, 3.63) is 50.9 Å². The maximum Gasteiger partial charge on any atom is 0.139 e. The number of hydrogen-bond acceptors (Lipinski definition) is 1. The third-order valence-corrected chi connectivity index (χ3v) is 3.93. The number of hydrogen-bond donors (Lipinski definition) is 1. The summed E-state index contributed by atoms with van der Waals surface area (Å²) in [7, 11) is 0. The molecule has 6 heteroatoms.